The Labute approximate surface area is 102 Å². The average molecular weight is 233 g/mol. The number of methoxy groups -OCH3 is 1. The predicted octanol–water partition coefficient (Wildman–Crippen LogP) is 2.04. The topological polar surface area (TPSA) is 38.3 Å². The van der Waals surface area contributed by atoms with Gasteiger partial charge in [-0.25, -0.2) is 0 Å². The minimum Gasteiger partial charge on any atom is -0.468 e. The molecule has 3 heteroatoms. The van der Waals surface area contributed by atoms with Crippen LogP contribution in [0.1, 0.15) is 24.0 Å². The van der Waals surface area contributed by atoms with Crippen molar-refractivity contribution in [3.63, 3.8) is 0 Å². The van der Waals surface area contributed by atoms with Gasteiger partial charge in [0.25, 0.3) is 0 Å². The summed E-state index contributed by atoms with van der Waals surface area (Å²) in [5, 5.41) is 3.29. The van der Waals surface area contributed by atoms with Gasteiger partial charge in [-0.3, -0.25) is 4.79 Å². The summed E-state index contributed by atoms with van der Waals surface area (Å²) < 4.78 is 4.82. The summed E-state index contributed by atoms with van der Waals surface area (Å²) in [6.07, 6.45) is 2.25. The highest BCUT2D eigenvalue weighted by atomic mass is 16.5. The van der Waals surface area contributed by atoms with E-state index >= 15 is 0 Å². The van der Waals surface area contributed by atoms with Gasteiger partial charge >= 0.3 is 5.97 Å². The van der Waals surface area contributed by atoms with Gasteiger partial charge in [-0.1, -0.05) is 29.8 Å². The van der Waals surface area contributed by atoms with Crippen LogP contribution in [-0.2, 0) is 16.1 Å². The molecular weight excluding hydrogens is 214 g/mol. The van der Waals surface area contributed by atoms with E-state index in [1.54, 1.807) is 0 Å². The fourth-order valence-electron chi connectivity index (χ4n) is 1.93. The maximum absolute atomic E-state index is 11.6. The Hall–Kier alpha value is -1.35. The second-order valence-electron chi connectivity index (χ2n) is 4.70. The monoisotopic (exact) mass is 233 g/mol. The standard InChI is InChI=1S/C14H19NO2/c1-10-3-5-11(6-4-10)9-15-13(12-7-8-12)14(16)17-2/h3-6,12-13,15H,7-9H2,1-2H3. The maximum atomic E-state index is 11.6. The van der Waals surface area contributed by atoms with Gasteiger partial charge in [-0.2, -0.15) is 0 Å². The molecule has 0 aromatic heterocycles. The third-order valence-electron chi connectivity index (χ3n) is 3.20. The molecule has 0 saturated heterocycles. The van der Waals surface area contributed by atoms with E-state index < -0.39 is 0 Å². The van der Waals surface area contributed by atoms with E-state index in [9.17, 15) is 4.79 Å². The first kappa shape index (κ1) is 12.1. The lowest BCUT2D eigenvalue weighted by Crippen LogP contribution is -2.39. The molecule has 0 amide bonds. The number of nitrogens with one attached hydrogen (secondary N) is 1. The summed E-state index contributed by atoms with van der Waals surface area (Å²) in [5.74, 6) is 0.326. The lowest BCUT2D eigenvalue weighted by atomic mass is 10.1. The van der Waals surface area contributed by atoms with E-state index in [-0.39, 0.29) is 12.0 Å². The zero-order valence-electron chi connectivity index (χ0n) is 10.4. The van der Waals surface area contributed by atoms with Crippen LogP contribution in [-0.4, -0.2) is 19.1 Å². The van der Waals surface area contributed by atoms with Crippen LogP contribution in [0.5, 0.6) is 0 Å². The van der Waals surface area contributed by atoms with E-state index in [1.807, 2.05) is 0 Å². The first-order valence-corrected chi connectivity index (χ1v) is 6.07. The van der Waals surface area contributed by atoms with Gasteiger partial charge in [0.1, 0.15) is 6.04 Å². The second kappa shape index (κ2) is 5.32. The molecule has 0 bridgehead atoms. The molecule has 17 heavy (non-hydrogen) atoms. The number of hydrogen-bond donors (Lipinski definition) is 1. The lowest BCUT2D eigenvalue weighted by Gasteiger charge is -2.15. The van der Waals surface area contributed by atoms with Gasteiger partial charge in [0.15, 0.2) is 0 Å². The van der Waals surface area contributed by atoms with Crippen molar-refractivity contribution in [1.82, 2.24) is 5.32 Å². The molecule has 1 saturated carbocycles. The summed E-state index contributed by atoms with van der Waals surface area (Å²) >= 11 is 0. The molecule has 0 radical (unpaired) electrons. The van der Waals surface area contributed by atoms with Gasteiger partial charge in [-0.15, -0.1) is 0 Å². The van der Waals surface area contributed by atoms with Crippen LogP contribution in [0, 0.1) is 12.8 Å². The van der Waals surface area contributed by atoms with Gasteiger partial charge in [0.2, 0.25) is 0 Å². The predicted molar refractivity (Wildman–Crippen MR) is 66.5 cm³/mol. The Morgan fingerprint density at radius 2 is 2.06 bits per heavy atom. The Morgan fingerprint density at radius 3 is 2.59 bits per heavy atom. The van der Waals surface area contributed by atoms with E-state index in [0.29, 0.717) is 5.92 Å². The highest BCUT2D eigenvalue weighted by molar-refractivity contribution is 5.76. The first-order valence-electron chi connectivity index (χ1n) is 6.07. The van der Waals surface area contributed by atoms with Crippen LogP contribution in [0.25, 0.3) is 0 Å². The van der Waals surface area contributed by atoms with Crippen LogP contribution in [0.3, 0.4) is 0 Å². The van der Waals surface area contributed by atoms with E-state index in [2.05, 4.69) is 36.5 Å². The Morgan fingerprint density at radius 1 is 1.41 bits per heavy atom. The van der Waals surface area contributed by atoms with Crippen molar-refractivity contribution in [3.05, 3.63) is 35.4 Å². The van der Waals surface area contributed by atoms with Crippen molar-refractivity contribution in [3.8, 4) is 0 Å². The van der Waals surface area contributed by atoms with Crippen molar-refractivity contribution in [1.29, 1.82) is 0 Å². The molecule has 0 aliphatic heterocycles. The number of hydrogen-bond acceptors (Lipinski definition) is 3. The number of esters is 1. The molecule has 0 spiro atoms. The van der Waals surface area contributed by atoms with Crippen LogP contribution >= 0.6 is 0 Å². The molecule has 92 valence electrons. The summed E-state index contributed by atoms with van der Waals surface area (Å²) in [6, 6.07) is 8.21. The van der Waals surface area contributed by atoms with Crippen molar-refractivity contribution in [2.24, 2.45) is 5.92 Å². The molecule has 1 aromatic carbocycles. The molecule has 1 N–H and O–H groups in total. The SMILES string of the molecule is COC(=O)C(NCc1ccc(C)cc1)C1CC1. The van der Waals surface area contributed by atoms with Gasteiger partial charge in [-0.05, 0) is 31.2 Å². The molecule has 3 nitrogen and oxygen atoms in total. The van der Waals surface area contributed by atoms with Gasteiger partial charge < -0.3 is 10.1 Å². The number of benzene rings is 1. The van der Waals surface area contributed by atoms with Crippen LogP contribution in [0.2, 0.25) is 0 Å². The third-order valence-corrected chi connectivity index (χ3v) is 3.20. The summed E-state index contributed by atoms with van der Waals surface area (Å²) in [6.45, 7) is 2.79. The summed E-state index contributed by atoms with van der Waals surface area (Å²) in [4.78, 5) is 11.6. The Balaban J connectivity index is 1.90. The maximum Gasteiger partial charge on any atom is 0.323 e. The van der Waals surface area contributed by atoms with Crippen molar-refractivity contribution < 1.29 is 9.53 Å². The highest BCUT2D eigenvalue weighted by Gasteiger charge is 2.36. The molecule has 1 aliphatic rings. The minimum atomic E-state index is -0.139. The number of aryl methyl sites for hydroxylation is 1. The minimum absolute atomic E-state index is 0.138. The summed E-state index contributed by atoms with van der Waals surface area (Å²) in [7, 11) is 1.45. The van der Waals surface area contributed by atoms with Gasteiger partial charge in [0.05, 0.1) is 7.11 Å². The lowest BCUT2D eigenvalue weighted by molar-refractivity contribution is -0.143. The van der Waals surface area contributed by atoms with Gasteiger partial charge in [0, 0.05) is 6.54 Å². The fourth-order valence-corrected chi connectivity index (χ4v) is 1.93. The van der Waals surface area contributed by atoms with Crippen molar-refractivity contribution in [2.75, 3.05) is 7.11 Å². The average Bonchev–Trinajstić information content (AvgIpc) is 3.16. The largest absolute Gasteiger partial charge is 0.468 e. The molecule has 0 heterocycles. The smallest absolute Gasteiger partial charge is 0.323 e. The molecule has 1 unspecified atom stereocenters. The summed E-state index contributed by atoms with van der Waals surface area (Å²) in [5.41, 5.74) is 2.45. The number of ether oxygens (including phenoxy) is 1. The number of rotatable bonds is 5. The Bertz CT molecular complexity index is 382. The second-order valence-corrected chi connectivity index (χ2v) is 4.70. The molecule has 2 rings (SSSR count). The highest BCUT2D eigenvalue weighted by Crippen LogP contribution is 2.33. The first-order chi connectivity index (χ1) is 8.20. The molecule has 1 fully saturated rings. The quantitative estimate of drug-likeness (QED) is 0.791. The van der Waals surface area contributed by atoms with Crippen molar-refractivity contribution in [2.45, 2.75) is 32.4 Å². The normalized spacial score (nSPS) is 16.6. The fraction of sp³-hybridized carbons (Fsp3) is 0.500. The van der Waals surface area contributed by atoms with E-state index in [4.69, 9.17) is 4.74 Å². The molecular formula is C14H19NO2. The molecule has 1 atom stereocenters. The van der Waals surface area contributed by atoms with E-state index in [1.165, 1.54) is 18.2 Å². The zero-order valence-corrected chi connectivity index (χ0v) is 10.4. The molecule has 1 aromatic rings. The molecule has 1 aliphatic carbocycles. The van der Waals surface area contributed by atoms with Crippen LogP contribution in [0.15, 0.2) is 24.3 Å². The number of carbonyl (C=O) groups is 1. The van der Waals surface area contributed by atoms with Crippen LogP contribution < -0.4 is 5.32 Å². The Kier molecular flexibility index (Phi) is 3.79. The number of carbonyl (C=O) groups excluding carboxylic acids is 1. The van der Waals surface area contributed by atoms with Crippen LogP contribution in [0.4, 0.5) is 0 Å². The van der Waals surface area contributed by atoms with E-state index in [0.717, 1.165) is 19.4 Å². The third kappa shape index (κ3) is 3.30. The zero-order chi connectivity index (χ0) is 12.3. The van der Waals surface area contributed by atoms with Crippen molar-refractivity contribution >= 4 is 5.97 Å².